The number of nitrogens with one attached hydrogen (secondary N) is 2. The molecule has 2 aromatic rings. The quantitative estimate of drug-likeness (QED) is 0.759. The number of nitrogens with zero attached hydrogens (tertiary/aromatic N) is 2. The number of benzene rings is 2. The largest absolute Gasteiger partial charge is 0.367 e. The highest BCUT2D eigenvalue weighted by Gasteiger charge is 2.20. The van der Waals surface area contributed by atoms with Crippen molar-refractivity contribution in [1.29, 1.82) is 0 Å². The summed E-state index contributed by atoms with van der Waals surface area (Å²) in [6.45, 7) is 7.85. The first-order valence-corrected chi connectivity index (χ1v) is 9.82. The molecule has 1 aliphatic heterocycles. The summed E-state index contributed by atoms with van der Waals surface area (Å²) in [5, 5.41) is 5.33. The van der Waals surface area contributed by atoms with Crippen molar-refractivity contribution >= 4 is 23.2 Å². The van der Waals surface area contributed by atoms with Crippen LogP contribution in [-0.4, -0.2) is 56.0 Å². The Kier molecular flexibility index (Phi) is 6.82. The molecule has 1 aliphatic rings. The molecule has 0 bridgehead atoms. The van der Waals surface area contributed by atoms with Crippen LogP contribution in [0.3, 0.4) is 0 Å². The van der Waals surface area contributed by atoms with Crippen LogP contribution in [0.1, 0.15) is 11.1 Å². The smallest absolute Gasteiger partial charge is 0.313 e. The van der Waals surface area contributed by atoms with Crippen molar-refractivity contribution in [1.82, 2.24) is 10.2 Å². The minimum Gasteiger partial charge on any atom is -0.367 e. The van der Waals surface area contributed by atoms with E-state index in [1.54, 1.807) is 12.1 Å². The van der Waals surface area contributed by atoms with Crippen LogP contribution in [0.2, 0.25) is 0 Å². The van der Waals surface area contributed by atoms with Gasteiger partial charge in [0, 0.05) is 45.0 Å². The van der Waals surface area contributed by atoms with E-state index in [0.717, 1.165) is 37.3 Å². The highest BCUT2D eigenvalue weighted by Crippen LogP contribution is 2.20. The van der Waals surface area contributed by atoms with Gasteiger partial charge in [0.1, 0.15) is 5.82 Å². The van der Waals surface area contributed by atoms with E-state index >= 15 is 0 Å². The summed E-state index contributed by atoms with van der Waals surface area (Å²) < 4.78 is 13.9. The third kappa shape index (κ3) is 5.54. The zero-order valence-electron chi connectivity index (χ0n) is 16.9. The first kappa shape index (κ1) is 20.8. The molecular formula is C22H27FN4O2. The number of piperazine rings is 1. The predicted molar refractivity (Wildman–Crippen MR) is 113 cm³/mol. The lowest BCUT2D eigenvalue weighted by atomic mass is 10.1. The molecule has 0 atom stereocenters. The SMILES string of the molecule is Cc1ccc(C)c(NC(=O)C(=O)NCCN2CCN(c3ccccc3F)CC2)c1. The number of halogens is 1. The molecule has 2 N–H and O–H groups in total. The van der Waals surface area contributed by atoms with Crippen LogP contribution in [0.15, 0.2) is 42.5 Å². The summed E-state index contributed by atoms with van der Waals surface area (Å²) in [4.78, 5) is 28.4. The number of carbonyl (C=O) groups excluding carboxylic acids is 2. The fourth-order valence-electron chi connectivity index (χ4n) is 3.38. The number of carbonyl (C=O) groups is 2. The Balaban J connectivity index is 1.40. The first-order valence-electron chi connectivity index (χ1n) is 9.82. The van der Waals surface area contributed by atoms with Crippen molar-refractivity contribution in [2.45, 2.75) is 13.8 Å². The second-order valence-corrected chi connectivity index (χ2v) is 7.31. The van der Waals surface area contributed by atoms with Crippen LogP contribution in [0.4, 0.5) is 15.8 Å². The standard InChI is InChI=1S/C22H27FN4O2/c1-16-7-8-17(2)19(15-16)25-22(29)21(28)24-9-10-26-11-13-27(14-12-26)20-6-4-3-5-18(20)23/h3-8,15H,9-14H2,1-2H3,(H,24,28)(H,25,29). The molecule has 2 amide bonds. The predicted octanol–water partition coefficient (Wildman–Crippen LogP) is 2.32. The Labute approximate surface area is 170 Å². The Bertz CT molecular complexity index is 879. The van der Waals surface area contributed by atoms with E-state index in [1.807, 2.05) is 43.0 Å². The minimum atomic E-state index is -0.664. The summed E-state index contributed by atoms with van der Waals surface area (Å²) in [6.07, 6.45) is 0. The average molecular weight is 398 g/mol. The van der Waals surface area contributed by atoms with E-state index in [4.69, 9.17) is 0 Å². The molecule has 2 aromatic carbocycles. The highest BCUT2D eigenvalue weighted by molar-refractivity contribution is 6.39. The molecule has 0 saturated carbocycles. The molecule has 0 radical (unpaired) electrons. The van der Waals surface area contributed by atoms with Gasteiger partial charge >= 0.3 is 11.8 Å². The van der Waals surface area contributed by atoms with Gasteiger partial charge in [0.15, 0.2) is 0 Å². The van der Waals surface area contributed by atoms with Crippen molar-refractivity contribution in [2.24, 2.45) is 0 Å². The van der Waals surface area contributed by atoms with Gasteiger partial charge in [0.25, 0.3) is 0 Å². The molecule has 6 nitrogen and oxygen atoms in total. The van der Waals surface area contributed by atoms with Gasteiger partial charge in [0.05, 0.1) is 5.69 Å². The highest BCUT2D eigenvalue weighted by atomic mass is 19.1. The number of aryl methyl sites for hydroxylation is 2. The summed E-state index contributed by atoms with van der Waals surface area (Å²) in [5.41, 5.74) is 3.20. The molecule has 1 heterocycles. The van der Waals surface area contributed by atoms with E-state index in [2.05, 4.69) is 15.5 Å². The van der Waals surface area contributed by atoms with Gasteiger partial charge in [-0.1, -0.05) is 24.3 Å². The summed E-state index contributed by atoms with van der Waals surface area (Å²) in [7, 11) is 0. The maximum Gasteiger partial charge on any atom is 0.313 e. The van der Waals surface area contributed by atoms with Gasteiger partial charge in [-0.2, -0.15) is 0 Å². The Morgan fingerprint density at radius 2 is 1.72 bits per heavy atom. The lowest BCUT2D eigenvalue weighted by Crippen LogP contribution is -2.49. The fourth-order valence-corrected chi connectivity index (χ4v) is 3.38. The van der Waals surface area contributed by atoms with E-state index < -0.39 is 11.8 Å². The third-order valence-electron chi connectivity index (χ3n) is 5.13. The van der Waals surface area contributed by atoms with Crippen molar-refractivity contribution in [3.8, 4) is 0 Å². The molecule has 3 rings (SSSR count). The van der Waals surface area contributed by atoms with Crippen molar-refractivity contribution < 1.29 is 14.0 Å². The zero-order valence-corrected chi connectivity index (χ0v) is 16.9. The van der Waals surface area contributed by atoms with E-state index in [0.29, 0.717) is 24.5 Å². The maximum atomic E-state index is 13.9. The van der Waals surface area contributed by atoms with E-state index in [1.165, 1.54) is 6.07 Å². The lowest BCUT2D eigenvalue weighted by molar-refractivity contribution is -0.136. The average Bonchev–Trinajstić information content (AvgIpc) is 2.71. The van der Waals surface area contributed by atoms with Crippen LogP contribution < -0.4 is 15.5 Å². The van der Waals surface area contributed by atoms with Crippen molar-refractivity contribution in [3.63, 3.8) is 0 Å². The topological polar surface area (TPSA) is 64.7 Å². The zero-order chi connectivity index (χ0) is 20.8. The molecule has 0 aliphatic carbocycles. The summed E-state index contributed by atoms with van der Waals surface area (Å²) in [6, 6.07) is 12.5. The van der Waals surface area contributed by atoms with Gasteiger partial charge in [0.2, 0.25) is 0 Å². The lowest BCUT2D eigenvalue weighted by Gasteiger charge is -2.36. The Morgan fingerprint density at radius 3 is 2.45 bits per heavy atom. The Morgan fingerprint density at radius 1 is 1.00 bits per heavy atom. The molecule has 0 aromatic heterocycles. The monoisotopic (exact) mass is 398 g/mol. The van der Waals surface area contributed by atoms with Crippen molar-refractivity contribution in [3.05, 3.63) is 59.4 Å². The molecular weight excluding hydrogens is 371 g/mol. The normalized spacial score (nSPS) is 14.5. The third-order valence-corrected chi connectivity index (χ3v) is 5.13. The summed E-state index contributed by atoms with van der Waals surface area (Å²) in [5.74, 6) is -1.51. The minimum absolute atomic E-state index is 0.205. The molecule has 154 valence electrons. The number of anilines is 2. The second kappa shape index (κ2) is 9.52. The molecule has 0 spiro atoms. The molecule has 29 heavy (non-hydrogen) atoms. The van der Waals surface area contributed by atoms with Gasteiger partial charge in [-0.25, -0.2) is 4.39 Å². The van der Waals surface area contributed by atoms with Gasteiger partial charge in [-0.3, -0.25) is 14.5 Å². The molecule has 7 heteroatoms. The molecule has 1 saturated heterocycles. The van der Waals surface area contributed by atoms with Crippen LogP contribution in [0.25, 0.3) is 0 Å². The van der Waals surface area contributed by atoms with Gasteiger partial charge in [-0.15, -0.1) is 0 Å². The van der Waals surface area contributed by atoms with Crippen LogP contribution in [0, 0.1) is 19.7 Å². The fraction of sp³-hybridized carbons (Fsp3) is 0.364. The van der Waals surface area contributed by atoms with Crippen LogP contribution >= 0.6 is 0 Å². The first-order chi connectivity index (χ1) is 13.9. The number of amides is 2. The maximum absolute atomic E-state index is 13.9. The number of rotatable bonds is 5. The van der Waals surface area contributed by atoms with E-state index in [9.17, 15) is 14.0 Å². The van der Waals surface area contributed by atoms with Crippen LogP contribution in [0.5, 0.6) is 0 Å². The van der Waals surface area contributed by atoms with E-state index in [-0.39, 0.29) is 5.82 Å². The van der Waals surface area contributed by atoms with Crippen molar-refractivity contribution in [2.75, 3.05) is 49.5 Å². The number of hydrogen-bond acceptors (Lipinski definition) is 4. The summed E-state index contributed by atoms with van der Waals surface area (Å²) >= 11 is 0. The molecule has 0 unspecified atom stereocenters. The number of para-hydroxylation sites is 1. The molecule has 1 fully saturated rings. The van der Waals surface area contributed by atoms with Crippen LogP contribution in [-0.2, 0) is 9.59 Å². The Hall–Kier alpha value is -2.93. The van der Waals surface area contributed by atoms with Gasteiger partial charge in [-0.05, 0) is 43.2 Å². The number of hydrogen-bond donors (Lipinski definition) is 2. The second-order valence-electron chi connectivity index (χ2n) is 7.31. The van der Waals surface area contributed by atoms with Gasteiger partial charge < -0.3 is 15.5 Å².